The summed E-state index contributed by atoms with van der Waals surface area (Å²) in [7, 11) is 0. The quantitative estimate of drug-likeness (QED) is 0.884. The van der Waals surface area contributed by atoms with Crippen LogP contribution in [0.5, 0.6) is 5.75 Å². The maximum atomic E-state index is 11.4. The van der Waals surface area contributed by atoms with Gasteiger partial charge >= 0.3 is 5.97 Å². The number of hydrogen-bond acceptors (Lipinski definition) is 2. The second kappa shape index (κ2) is 6.05. The number of carbonyl (C=O) groups is 1. The van der Waals surface area contributed by atoms with Crippen molar-refractivity contribution in [3.63, 3.8) is 0 Å². The zero-order valence-electron chi connectivity index (χ0n) is 10.8. The summed E-state index contributed by atoms with van der Waals surface area (Å²) in [5.74, 6) is -0.325. The molecule has 0 saturated carbocycles. The van der Waals surface area contributed by atoms with Crippen molar-refractivity contribution in [2.45, 2.75) is 13.3 Å². The van der Waals surface area contributed by atoms with E-state index >= 15 is 0 Å². The van der Waals surface area contributed by atoms with Crippen LogP contribution in [0.3, 0.4) is 0 Å². The Bertz CT molecular complexity index is 561. The van der Waals surface area contributed by atoms with Crippen LogP contribution in [0.1, 0.15) is 23.7 Å². The first-order valence-electron chi connectivity index (χ1n) is 6.28. The third kappa shape index (κ3) is 2.94. The van der Waals surface area contributed by atoms with Crippen LogP contribution in [-0.2, 0) is 0 Å². The number of carboxylic acid groups (broad SMARTS) is 1. The summed E-state index contributed by atoms with van der Waals surface area (Å²) in [6.07, 6.45) is 0.880. The Kier molecular flexibility index (Phi) is 4.18. The summed E-state index contributed by atoms with van der Waals surface area (Å²) in [4.78, 5) is 11.4. The van der Waals surface area contributed by atoms with Gasteiger partial charge in [-0.2, -0.15) is 0 Å². The van der Waals surface area contributed by atoms with Gasteiger partial charge in [0.05, 0.1) is 12.2 Å². The molecule has 0 aliphatic heterocycles. The van der Waals surface area contributed by atoms with Gasteiger partial charge in [-0.1, -0.05) is 43.3 Å². The van der Waals surface area contributed by atoms with Gasteiger partial charge in [-0.3, -0.25) is 0 Å². The molecule has 0 aliphatic rings. The highest BCUT2D eigenvalue weighted by Gasteiger charge is 2.16. The molecule has 3 heteroatoms. The molecule has 0 radical (unpaired) electrons. The topological polar surface area (TPSA) is 46.5 Å². The molecule has 0 spiro atoms. The van der Waals surface area contributed by atoms with Crippen LogP contribution in [0.2, 0.25) is 0 Å². The monoisotopic (exact) mass is 256 g/mol. The summed E-state index contributed by atoms with van der Waals surface area (Å²) < 4.78 is 5.67. The Labute approximate surface area is 112 Å². The molecule has 0 aliphatic carbocycles. The number of hydrogen-bond donors (Lipinski definition) is 1. The summed E-state index contributed by atoms with van der Waals surface area (Å²) in [5, 5.41) is 9.32. The van der Waals surface area contributed by atoms with Crippen LogP contribution < -0.4 is 4.74 Å². The molecule has 1 N–H and O–H groups in total. The van der Waals surface area contributed by atoms with Crippen molar-refractivity contribution in [1.82, 2.24) is 0 Å². The third-order valence-corrected chi connectivity index (χ3v) is 2.78. The molecule has 0 amide bonds. The van der Waals surface area contributed by atoms with Gasteiger partial charge in [0.1, 0.15) is 5.75 Å². The molecular weight excluding hydrogens is 240 g/mol. The molecule has 98 valence electrons. The maximum Gasteiger partial charge on any atom is 0.336 e. The van der Waals surface area contributed by atoms with Crippen molar-refractivity contribution >= 4 is 5.97 Å². The molecule has 0 unspecified atom stereocenters. The van der Waals surface area contributed by atoms with E-state index in [-0.39, 0.29) is 5.56 Å². The smallest absolute Gasteiger partial charge is 0.336 e. The first-order chi connectivity index (χ1) is 9.24. The Morgan fingerprint density at radius 1 is 1.11 bits per heavy atom. The van der Waals surface area contributed by atoms with E-state index in [4.69, 9.17) is 4.74 Å². The molecule has 2 rings (SSSR count). The van der Waals surface area contributed by atoms with Crippen LogP contribution in [0.15, 0.2) is 48.5 Å². The minimum absolute atomic E-state index is 0.264. The van der Waals surface area contributed by atoms with E-state index in [1.165, 1.54) is 0 Å². The lowest BCUT2D eigenvalue weighted by atomic mass is 9.98. The highest BCUT2D eigenvalue weighted by atomic mass is 16.5. The zero-order chi connectivity index (χ0) is 13.7. The van der Waals surface area contributed by atoms with Gasteiger partial charge in [0, 0.05) is 5.56 Å². The average molecular weight is 256 g/mol. The lowest BCUT2D eigenvalue weighted by molar-refractivity contribution is 0.0697. The number of rotatable bonds is 5. The fraction of sp³-hybridized carbons (Fsp3) is 0.188. The molecular formula is C16H16O3. The Hall–Kier alpha value is -2.29. The Morgan fingerprint density at radius 2 is 1.84 bits per heavy atom. The van der Waals surface area contributed by atoms with Crippen molar-refractivity contribution in [1.29, 1.82) is 0 Å². The molecule has 2 aromatic carbocycles. The van der Waals surface area contributed by atoms with E-state index in [0.29, 0.717) is 17.9 Å². The Balaban J connectivity index is 2.56. The van der Waals surface area contributed by atoms with Crippen molar-refractivity contribution in [2.24, 2.45) is 0 Å². The van der Waals surface area contributed by atoms with Gasteiger partial charge in [-0.25, -0.2) is 4.79 Å². The summed E-state index contributed by atoms with van der Waals surface area (Å²) in [5.41, 5.74) is 1.76. The standard InChI is InChI=1S/C16H16O3/c1-2-11-19-14-10-6-9-13(16(17)18)15(14)12-7-4-3-5-8-12/h3-10H,2,11H2,1H3,(H,17,18). The van der Waals surface area contributed by atoms with E-state index in [1.807, 2.05) is 43.3 Å². The van der Waals surface area contributed by atoms with Gasteiger partial charge in [0.25, 0.3) is 0 Å². The van der Waals surface area contributed by atoms with Crippen molar-refractivity contribution in [3.05, 3.63) is 54.1 Å². The predicted molar refractivity (Wildman–Crippen MR) is 74.6 cm³/mol. The van der Waals surface area contributed by atoms with Crippen LogP contribution in [-0.4, -0.2) is 17.7 Å². The fourth-order valence-electron chi connectivity index (χ4n) is 1.94. The normalized spacial score (nSPS) is 10.2. The van der Waals surface area contributed by atoms with E-state index in [0.717, 1.165) is 12.0 Å². The van der Waals surface area contributed by atoms with E-state index < -0.39 is 5.97 Å². The molecule has 0 aromatic heterocycles. The van der Waals surface area contributed by atoms with Gasteiger partial charge in [-0.05, 0) is 24.1 Å². The highest BCUT2D eigenvalue weighted by molar-refractivity contribution is 5.98. The van der Waals surface area contributed by atoms with E-state index in [2.05, 4.69) is 0 Å². The minimum atomic E-state index is -0.944. The van der Waals surface area contributed by atoms with Crippen molar-refractivity contribution in [2.75, 3.05) is 6.61 Å². The van der Waals surface area contributed by atoms with Crippen molar-refractivity contribution in [3.8, 4) is 16.9 Å². The van der Waals surface area contributed by atoms with Crippen LogP contribution in [0, 0.1) is 0 Å². The van der Waals surface area contributed by atoms with Crippen LogP contribution >= 0.6 is 0 Å². The molecule has 0 bridgehead atoms. The first kappa shape index (κ1) is 13.1. The molecule has 19 heavy (non-hydrogen) atoms. The number of ether oxygens (including phenoxy) is 1. The second-order valence-corrected chi connectivity index (χ2v) is 4.20. The lowest BCUT2D eigenvalue weighted by Crippen LogP contribution is -2.03. The second-order valence-electron chi connectivity index (χ2n) is 4.20. The molecule has 3 nitrogen and oxygen atoms in total. The molecule has 2 aromatic rings. The first-order valence-corrected chi connectivity index (χ1v) is 6.28. The van der Waals surface area contributed by atoms with Gasteiger partial charge in [0.2, 0.25) is 0 Å². The molecule has 0 fully saturated rings. The minimum Gasteiger partial charge on any atom is -0.493 e. The third-order valence-electron chi connectivity index (χ3n) is 2.78. The lowest BCUT2D eigenvalue weighted by Gasteiger charge is -2.13. The van der Waals surface area contributed by atoms with Crippen LogP contribution in [0.25, 0.3) is 11.1 Å². The van der Waals surface area contributed by atoms with Crippen molar-refractivity contribution < 1.29 is 14.6 Å². The SMILES string of the molecule is CCCOc1cccc(C(=O)O)c1-c1ccccc1. The summed E-state index contributed by atoms with van der Waals surface area (Å²) in [6, 6.07) is 14.6. The van der Waals surface area contributed by atoms with Gasteiger partial charge in [-0.15, -0.1) is 0 Å². The van der Waals surface area contributed by atoms with E-state index in [1.54, 1.807) is 12.1 Å². The fourth-order valence-corrected chi connectivity index (χ4v) is 1.94. The van der Waals surface area contributed by atoms with Crippen LogP contribution in [0.4, 0.5) is 0 Å². The maximum absolute atomic E-state index is 11.4. The van der Waals surface area contributed by atoms with Gasteiger partial charge in [0.15, 0.2) is 0 Å². The molecule has 0 heterocycles. The summed E-state index contributed by atoms with van der Waals surface area (Å²) in [6.45, 7) is 2.59. The number of aromatic carboxylic acids is 1. The highest BCUT2D eigenvalue weighted by Crippen LogP contribution is 2.33. The number of carboxylic acids is 1. The predicted octanol–water partition coefficient (Wildman–Crippen LogP) is 3.84. The number of benzene rings is 2. The Morgan fingerprint density at radius 3 is 2.47 bits per heavy atom. The molecule has 0 atom stereocenters. The largest absolute Gasteiger partial charge is 0.493 e. The zero-order valence-corrected chi connectivity index (χ0v) is 10.8. The summed E-state index contributed by atoms with van der Waals surface area (Å²) >= 11 is 0. The van der Waals surface area contributed by atoms with Gasteiger partial charge < -0.3 is 9.84 Å². The average Bonchev–Trinajstić information content (AvgIpc) is 2.45. The molecule has 0 saturated heterocycles. The van der Waals surface area contributed by atoms with E-state index in [9.17, 15) is 9.90 Å².